The fraction of sp³-hybridized carbons (Fsp3) is 0.543. The number of carbonyl (C=O) groups is 3. The Kier molecular flexibility index (Phi) is 11.5. The van der Waals surface area contributed by atoms with E-state index in [2.05, 4.69) is 20.9 Å². The zero-order valence-corrected chi connectivity index (χ0v) is 28.6. The van der Waals surface area contributed by atoms with Crippen LogP contribution in [-0.4, -0.2) is 54.0 Å². The monoisotopic (exact) mass is 655 g/mol. The van der Waals surface area contributed by atoms with Crippen molar-refractivity contribution in [3.05, 3.63) is 64.2 Å². The SMILES string of the molecule is CCNC(=O)C(NC(=O)C(C)(COC)c1ccc2nc(C(NC(=O)C(C)C)C(c3cccc(F)c3Cl)C(C)C)[nH]c2c1)C1CCC1. The fourth-order valence-corrected chi connectivity index (χ4v) is 6.45. The average Bonchev–Trinajstić information content (AvgIpc) is 3.41. The Morgan fingerprint density at radius 1 is 1.11 bits per heavy atom. The zero-order valence-electron chi connectivity index (χ0n) is 27.8. The highest BCUT2D eigenvalue weighted by molar-refractivity contribution is 6.31. The predicted molar refractivity (Wildman–Crippen MR) is 178 cm³/mol. The first kappa shape index (κ1) is 35.4. The van der Waals surface area contributed by atoms with Crippen LogP contribution in [0.1, 0.15) is 89.7 Å². The molecule has 4 atom stereocenters. The first-order valence-electron chi connectivity index (χ1n) is 16.1. The van der Waals surface area contributed by atoms with Gasteiger partial charge in [0.15, 0.2) is 0 Å². The molecule has 46 heavy (non-hydrogen) atoms. The molecule has 0 radical (unpaired) electrons. The summed E-state index contributed by atoms with van der Waals surface area (Å²) in [5.74, 6) is -1.38. The van der Waals surface area contributed by atoms with Gasteiger partial charge >= 0.3 is 0 Å². The average molecular weight is 656 g/mol. The van der Waals surface area contributed by atoms with Crippen LogP contribution in [0.2, 0.25) is 5.02 Å². The quantitative estimate of drug-likeness (QED) is 0.171. The van der Waals surface area contributed by atoms with E-state index in [9.17, 15) is 18.8 Å². The standard InChI is InChI=1S/C35H47ClFN5O4/c1-8-38-33(44)29(21-11-9-12-21)42-34(45)35(6,18-46-7)22-15-16-25-26(17-22)40-31(39-25)30(41-32(43)20(4)5)27(19(2)3)23-13-10-14-24(37)28(23)36/h10,13-17,19-21,27,29-30H,8-9,11-12,18H2,1-7H3,(H,38,44)(H,39,40)(H,41,43)(H,42,45). The Hall–Kier alpha value is -3.50. The number of benzene rings is 2. The fourth-order valence-electron chi connectivity index (χ4n) is 6.19. The summed E-state index contributed by atoms with van der Waals surface area (Å²) in [4.78, 5) is 48.2. The van der Waals surface area contributed by atoms with Crippen molar-refractivity contribution in [2.24, 2.45) is 17.8 Å². The number of amides is 3. The molecule has 0 spiro atoms. The number of H-pyrrole nitrogens is 1. The van der Waals surface area contributed by atoms with E-state index in [4.69, 9.17) is 21.3 Å². The third kappa shape index (κ3) is 7.39. The molecule has 1 fully saturated rings. The molecule has 4 unspecified atom stereocenters. The minimum atomic E-state index is -1.12. The maximum absolute atomic E-state index is 14.6. The van der Waals surface area contributed by atoms with Crippen molar-refractivity contribution in [1.29, 1.82) is 0 Å². The molecule has 2 aromatic carbocycles. The van der Waals surface area contributed by atoms with Gasteiger partial charge in [-0.3, -0.25) is 14.4 Å². The molecule has 1 saturated carbocycles. The number of aromatic nitrogens is 2. The molecule has 1 aliphatic carbocycles. The van der Waals surface area contributed by atoms with E-state index in [0.717, 1.165) is 19.3 Å². The van der Waals surface area contributed by atoms with Crippen molar-refractivity contribution in [1.82, 2.24) is 25.9 Å². The lowest BCUT2D eigenvalue weighted by Gasteiger charge is -2.36. The summed E-state index contributed by atoms with van der Waals surface area (Å²) < 4.78 is 20.2. The lowest BCUT2D eigenvalue weighted by atomic mass is 9.77. The van der Waals surface area contributed by atoms with Gasteiger partial charge in [0.1, 0.15) is 17.7 Å². The number of aromatic amines is 1. The highest BCUT2D eigenvalue weighted by Crippen LogP contribution is 2.41. The van der Waals surface area contributed by atoms with Gasteiger partial charge in [0.25, 0.3) is 0 Å². The maximum Gasteiger partial charge on any atom is 0.242 e. The Bertz CT molecular complexity index is 1550. The van der Waals surface area contributed by atoms with Crippen LogP contribution in [0.5, 0.6) is 0 Å². The van der Waals surface area contributed by atoms with Crippen LogP contribution in [-0.2, 0) is 24.5 Å². The van der Waals surface area contributed by atoms with Gasteiger partial charge in [-0.05, 0) is 67.9 Å². The lowest BCUT2D eigenvalue weighted by molar-refractivity contribution is -0.135. The van der Waals surface area contributed by atoms with E-state index in [1.807, 2.05) is 39.0 Å². The number of fused-ring (bicyclic) bond motifs is 1. The molecule has 3 aromatic rings. The maximum atomic E-state index is 14.6. The Morgan fingerprint density at radius 3 is 2.41 bits per heavy atom. The third-order valence-corrected chi connectivity index (χ3v) is 9.55. The van der Waals surface area contributed by atoms with Crippen molar-refractivity contribution in [2.45, 2.75) is 84.2 Å². The molecular formula is C35H47ClFN5O4. The van der Waals surface area contributed by atoms with Crippen LogP contribution in [0.15, 0.2) is 36.4 Å². The van der Waals surface area contributed by atoms with Gasteiger partial charge in [-0.15, -0.1) is 0 Å². The van der Waals surface area contributed by atoms with Crippen LogP contribution in [0.3, 0.4) is 0 Å². The Labute approximate surface area is 275 Å². The zero-order chi connectivity index (χ0) is 33.8. The number of rotatable bonds is 14. The number of ether oxygens (including phenoxy) is 1. The summed E-state index contributed by atoms with van der Waals surface area (Å²) in [7, 11) is 1.54. The number of hydrogen-bond acceptors (Lipinski definition) is 5. The van der Waals surface area contributed by atoms with Gasteiger partial charge in [0, 0.05) is 25.5 Å². The highest BCUT2D eigenvalue weighted by atomic mass is 35.5. The van der Waals surface area contributed by atoms with E-state index in [-0.39, 0.29) is 47.1 Å². The van der Waals surface area contributed by atoms with Crippen LogP contribution in [0, 0.1) is 23.6 Å². The summed E-state index contributed by atoms with van der Waals surface area (Å²) >= 11 is 6.48. The number of carbonyl (C=O) groups excluding carboxylic acids is 3. The highest BCUT2D eigenvalue weighted by Gasteiger charge is 2.41. The van der Waals surface area contributed by atoms with Crippen molar-refractivity contribution in [3.8, 4) is 0 Å². The van der Waals surface area contributed by atoms with Crippen molar-refractivity contribution < 1.29 is 23.5 Å². The van der Waals surface area contributed by atoms with Crippen molar-refractivity contribution in [2.75, 3.05) is 20.3 Å². The van der Waals surface area contributed by atoms with E-state index in [1.54, 1.807) is 32.9 Å². The first-order chi connectivity index (χ1) is 21.8. The number of hydrogen-bond donors (Lipinski definition) is 4. The van der Waals surface area contributed by atoms with Gasteiger partial charge in [-0.2, -0.15) is 0 Å². The number of halogens is 2. The van der Waals surface area contributed by atoms with Crippen LogP contribution < -0.4 is 16.0 Å². The van der Waals surface area contributed by atoms with E-state index >= 15 is 0 Å². The molecule has 0 saturated heterocycles. The van der Waals surface area contributed by atoms with Crippen LogP contribution in [0.4, 0.5) is 4.39 Å². The molecule has 0 aliphatic heterocycles. The lowest BCUT2D eigenvalue weighted by Crippen LogP contribution is -2.57. The van der Waals surface area contributed by atoms with Crippen LogP contribution >= 0.6 is 11.6 Å². The Morgan fingerprint density at radius 2 is 1.83 bits per heavy atom. The molecule has 9 nitrogen and oxygen atoms in total. The topological polar surface area (TPSA) is 125 Å². The molecule has 4 N–H and O–H groups in total. The van der Waals surface area contributed by atoms with Gasteiger partial charge in [-0.25, -0.2) is 9.37 Å². The van der Waals surface area contributed by atoms with Gasteiger partial charge < -0.3 is 25.7 Å². The number of methoxy groups -OCH3 is 1. The summed E-state index contributed by atoms with van der Waals surface area (Å²) in [6, 6.07) is 8.94. The molecule has 1 aromatic heterocycles. The molecule has 3 amide bonds. The van der Waals surface area contributed by atoms with Gasteiger partial charge in [0.05, 0.1) is 34.1 Å². The number of nitrogens with zero attached hydrogens (tertiary/aromatic N) is 1. The number of nitrogens with one attached hydrogen (secondary N) is 4. The number of likely N-dealkylation sites (N-methyl/N-ethyl adjacent to an activating group) is 1. The molecule has 1 heterocycles. The van der Waals surface area contributed by atoms with Crippen molar-refractivity contribution >= 4 is 40.4 Å². The summed E-state index contributed by atoms with van der Waals surface area (Å²) in [5.41, 5.74) is 1.41. The molecule has 4 rings (SSSR count). The molecule has 1 aliphatic rings. The van der Waals surface area contributed by atoms with E-state index in [1.165, 1.54) is 13.2 Å². The second kappa shape index (κ2) is 14.9. The largest absolute Gasteiger partial charge is 0.383 e. The van der Waals surface area contributed by atoms with E-state index in [0.29, 0.717) is 34.5 Å². The molecule has 11 heteroatoms. The second-order valence-electron chi connectivity index (χ2n) is 13.2. The predicted octanol–water partition coefficient (Wildman–Crippen LogP) is 5.93. The summed E-state index contributed by atoms with van der Waals surface area (Å²) in [6.07, 6.45) is 2.81. The molecule has 0 bridgehead atoms. The normalized spacial score (nSPS) is 16.8. The molecular weight excluding hydrogens is 609 g/mol. The summed E-state index contributed by atoms with van der Waals surface area (Å²) in [6.45, 7) is 11.8. The van der Waals surface area contributed by atoms with Crippen LogP contribution in [0.25, 0.3) is 11.0 Å². The van der Waals surface area contributed by atoms with Crippen molar-refractivity contribution in [3.63, 3.8) is 0 Å². The Balaban J connectivity index is 1.75. The van der Waals surface area contributed by atoms with Gasteiger partial charge in [-0.1, -0.05) is 63.9 Å². The first-order valence-corrected chi connectivity index (χ1v) is 16.5. The second-order valence-corrected chi connectivity index (χ2v) is 13.6. The third-order valence-electron chi connectivity index (χ3n) is 9.15. The van der Waals surface area contributed by atoms with E-state index < -0.39 is 29.2 Å². The minimum Gasteiger partial charge on any atom is -0.383 e. The molecule has 250 valence electrons. The van der Waals surface area contributed by atoms with Gasteiger partial charge in [0.2, 0.25) is 17.7 Å². The minimum absolute atomic E-state index is 0.0116. The number of imidazole rings is 1. The summed E-state index contributed by atoms with van der Waals surface area (Å²) in [5, 5.41) is 9.04. The smallest absolute Gasteiger partial charge is 0.242 e.